The van der Waals surface area contributed by atoms with Gasteiger partial charge in [0.1, 0.15) is 17.2 Å². The fourth-order valence-corrected chi connectivity index (χ4v) is 3.31. The molecule has 0 spiro atoms. The van der Waals surface area contributed by atoms with Crippen LogP contribution in [0, 0.1) is 0 Å². The highest BCUT2D eigenvalue weighted by Crippen LogP contribution is 2.24. The van der Waals surface area contributed by atoms with Crippen molar-refractivity contribution in [3.8, 4) is 11.5 Å². The van der Waals surface area contributed by atoms with Gasteiger partial charge in [-0.05, 0) is 36.4 Å². The molecule has 10 heteroatoms. The van der Waals surface area contributed by atoms with Gasteiger partial charge in [0.15, 0.2) is 6.61 Å². The standard InChI is InChI=1S/C25H23N3O7/c1-34-19-11-17(24(32)20-7-4-5-9-27-20)10-18(12-19)25(33)28(14-22(26)29)13-16-6-2-3-8-21(16)35-15-23(30)31/h2-12H,13-15H2,1H3,(H2,26,29)(H,30,31). The summed E-state index contributed by atoms with van der Waals surface area (Å²) in [5, 5.41) is 8.91. The van der Waals surface area contributed by atoms with Crippen LogP contribution in [0.15, 0.2) is 66.9 Å². The van der Waals surface area contributed by atoms with Gasteiger partial charge in [0, 0.05) is 22.9 Å². The summed E-state index contributed by atoms with van der Waals surface area (Å²) in [6.45, 7) is -1.10. The molecule has 0 atom stereocenters. The molecule has 0 fully saturated rings. The Bertz CT molecular complexity index is 1240. The highest BCUT2D eigenvalue weighted by Gasteiger charge is 2.23. The Kier molecular flexibility index (Phi) is 8.12. The maximum atomic E-state index is 13.4. The van der Waals surface area contributed by atoms with E-state index in [0.717, 1.165) is 0 Å². The van der Waals surface area contributed by atoms with E-state index in [9.17, 15) is 19.2 Å². The number of rotatable bonds is 11. The minimum atomic E-state index is -1.16. The molecule has 0 unspecified atom stereocenters. The van der Waals surface area contributed by atoms with Crippen molar-refractivity contribution in [1.29, 1.82) is 0 Å². The first-order valence-electron chi connectivity index (χ1n) is 10.4. The largest absolute Gasteiger partial charge is 0.497 e. The number of methoxy groups -OCH3 is 1. The quantitative estimate of drug-likeness (QED) is 0.398. The Hall–Kier alpha value is -4.73. The zero-order valence-electron chi connectivity index (χ0n) is 18.8. The molecule has 0 saturated carbocycles. The number of para-hydroxylation sites is 1. The Morgan fingerprint density at radius 1 is 1.00 bits per heavy atom. The molecule has 2 aromatic carbocycles. The van der Waals surface area contributed by atoms with E-state index >= 15 is 0 Å². The van der Waals surface area contributed by atoms with Gasteiger partial charge >= 0.3 is 5.97 Å². The van der Waals surface area contributed by atoms with Crippen molar-refractivity contribution in [2.24, 2.45) is 5.73 Å². The minimum absolute atomic E-state index is 0.0915. The SMILES string of the molecule is COc1cc(C(=O)c2ccccn2)cc(C(=O)N(CC(N)=O)Cc2ccccc2OCC(=O)O)c1. The summed E-state index contributed by atoms with van der Waals surface area (Å²) < 4.78 is 10.6. The number of nitrogens with two attached hydrogens (primary N) is 1. The lowest BCUT2D eigenvalue weighted by Gasteiger charge is -2.23. The van der Waals surface area contributed by atoms with Crippen molar-refractivity contribution in [3.05, 3.63) is 89.2 Å². The molecule has 2 amide bonds. The van der Waals surface area contributed by atoms with Crippen LogP contribution in [0.3, 0.4) is 0 Å². The summed E-state index contributed by atoms with van der Waals surface area (Å²) in [5.74, 6) is -2.41. The van der Waals surface area contributed by atoms with E-state index in [1.165, 1.54) is 36.4 Å². The molecule has 35 heavy (non-hydrogen) atoms. The maximum Gasteiger partial charge on any atom is 0.341 e. The smallest absolute Gasteiger partial charge is 0.341 e. The van der Waals surface area contributed by atoms with Gasteiger partial charge in [0.2, 0.25) is 11.7 Å². The molecule has 1 aromatic heterocycles. The lowest BCUT2D eigenvalue weighted by Crippen LogP contribution is -2.38. The molecule has 0 aliphatic carbocycles. The zero-order chi connectivity index (χ0) is 25.4. The van der Waals surface area contributed by atoms with Crippen LogP contribution in [-0.2, 0) is 16.1 Å². The summed E-state index contributed by atoms with van der Waals surface area (Å²) in [4.78, 5) is 54.2. The molecule has 3 rings (SSSR count). The number of hydrogen-bond donors (Lipinski definition) is 2. The molecule has 1 heterocycles. The third-order valence-corrected chi connectivity index (χ3v) is 4.87. The summed E-state index contributed by atoms with van der Waals surface area (Å²) >= 11 is 0. The molecule has 3 N–H and O–H groups in total. The molecular weight excluding hydrogens is 454 g/mol. The number of ketones is 1. The van der Waals surface area contributed by atoms with Crippen molar-refractivity contribution in [3.63, 3.8) is 0 Å². The molecule has 0 radical (unpaired) electrons. The van der Waals surface area contributed by atoms with Gasteiger partial charge in [-0.2, -0.15) is 0 Å². The summed E-state index contributed by atoms with van der Waals surface area (Å²) in [6, 6.07) is 15.8. The number of aliphatic carboxylic acids is 1. The monoisotopic (exact) mass is 477 g/mol. The first-order valence-corrected chi connectivity index (χ1v) is 10.4. The van der Waals surface area contributed by atoms with E-state index < -0.39 is 36.7 Å². The maximum absolute atomic E-state index is 13.4. The first-order chi connectivity index (χ1) is 16.8. The predicted octanol–water partition coefficient (Wildman–Crippen LogP) is 1.91. The van der Waals surface area contributed by atoms with E-state index in [4.69, 9.17) is 20.3 Å². The lowest BCUT2D eigenvalue weighted by molar-refractivity contribution is -0.139. The molecule has 10 nitrogen and oxygen atoms in total. The normalized spacial score (nSPS) is 10.3. The van der Waals surface area contributed by atoms with Crippen LogP contribution in [0.2, 0.25) is 0 Å². The summed E-state index contributed by atoms with van der Waals surface area (Å²) in [6.07, 6.45) is 1.48. The minimum Gasteiger partial charge on any atom is -0.497 e. The number of pyridine rings is 1. The molecule has 0 aliphatic rings. The second-order valence-corrected chi connectivity index (χ2v) is 7.41. The van der Waals surface area contributed by atoms with Gasteiger partial charge in [0.05, 0.1) is 20.2 Å². The average molecular weight is 477 g/mol. The molecule has 0 saturated heterocycles. The zero-order valence-corrected chi connectivity index (χ0v) is 18.8. The Balaban J connectivity index is 1.95. The Morgan fingerprint density at radius 3 is 2.37 bits per heavy atom. The Labute approximate surface area is 200 Å². The molecular formula is C25H23N3O7. The number of benzene rings is 2. The number of amides is 2. The van der Waals surface area contributed by atoms with Crippen molar-refractivity contribution in [2.45, 2.75) is 6.54 Å². The number of primary amides is 1. The van der Waals surface area contributed by atoms with Gasteiger partial charge in [0.25, 0.3) is 5.91 Å². The number of carboxylic acid groups (broad SMARTS) is 1. The van der Waals surface area contributed by atoms with E-state index in [1.54, 1.807) is 42.5 Å². The van der Waals surface area contributed by atoms with E-state index in [1.807, 2.05) is 0 Å². The van der Waals surface area contributed by atoms with E-state index in [0.29, 0.717) is 5.56 Å². The second-order valence-electron chi connectivity index (χ2n) is 7.41. The predicted molar refractivity (Wildman–Crippen MR) is 124 cm³/mol. The Morgan fingerprint density at radius 2 is 1.71 bits per heavy atom. The number of carbonyl (C=O) groups excluding carboxylic acids is 3. The van der Waals surface area contributed by atoms with E-state index in [-0.39, 0.29) is 34.9 Å². The van der Waals surface area contributed by atoms with Gasteiger partial charge in [-0.15, -0.1) is 0 Å². The number of aromatic nitrogens is 1. The van der Waals surface area contributed by atoms with Crippen molar-refractivity contribution >= 4 is 23.6 Å². The van der Waals surface area contributed by atoms with Crippen LogP contribution in [0.5, 0.6) is 11.5 Å². The second kappa shape index (κ2) is 11.4. The summed E-state index contributed by atoms with van der Waals surface area (Å²) in [5.41, 5.74) is 6.31. The van der Waals surface area contributed by atoms with Gasteiger partial charge in [-0.3, -0.25) is 19.4 Å². The average Bonchev–Trinajstić information content (AvgIpc) is 2.86. The lowest BCUT2D eigenvalue weighted by atomic mass is 10.0. The van der Waals surface area contributed by atoms with Gasteiger partial charge < -0.3 is 25.2 Å². The first kappa shape index (κ1) is 24.9. The summed E-state index contributed by atoms with van der Waals surface area (Å²) in [7, 11) is 1.40. The van der Waals surface area contributed by atoms with Crippen molar-refractivity contribution in [1.82, 2.24) is 9.88 Å². The number of carboxylic acids is 1. The number of hydrogen-bond acceptors (Lipinski definition) is 7. The third-order valence-electron chi connectivity index (χ3n) is 4.87. The molecule has 0 aliphatic heterocycles. The van der Waals surface area contributed by atoms with Crippen molar-refractivity contribution in [2.75, 3.05) is 20.3 Å². The van der Waals surface area contributed by atoms with Crippen LogP contribution in [-0.4, -0.2) is 58.8 Å². The fraction of sp³-hybridized carbons (Fsp3) is 0.160. The topological polar surface area (TPSA) is 149 Å². The van der Waals surface area contributed by atoms with Crippen LogP contribution in [0.1, 0.15) is 32.0 Å². The molecule has 0 bridgehead atoms. The van der Waals surface area contributed by atoms with Gasteiger partial charge in [-0.1, -0.05) is 24.3 Å². The van der Waals surface area contributed by atoms with Gasteiger partial charge in [-0.25, -0.2) is 4.79 Å². The molecule has 180 valence electrons. The highest BCUT2D eigenvalue weighted by molar-refractivity contribution is 6.09. The third kappa shape index (κ3) is 6.64. The van der Waals surface area contributed by atoms with Crippen LogP contribution >= 0.6 is 0 Å². The van der Waals surface area contributed by atoms with Crippen LogP contribution in [0.25, 0.3) is 0 Å². The van der Waals surface area contributed by atoms with Crippen LogP contribution < -0.4 is 15.2 Å². The molecule has 3 aromatic rings. The fourth-order valence-electron chi connectivity index (χ4n) is 3.31. The van der Waals surface area contributed by atoms with E-state index in [2.05, 4.69) is 4.98 Å². The van der Waals surface area contributed by atoms with Crippen molar-refractivity contribution < 1.29 is 33.8 Å². The number of nitrogens with zero attached hydrogens (tertiary/aromatic N) is 2. The highest BCUT2D eigenvalue weighted by atomic mass is 16.5. The number of carbonyl (C=O) groups is 4. The number of ether oxygens (including phenoxy) is 2. The van der Waals surface area contributed by atoms with Crippen LogP contribution in [0.4, 0.5) is 0 Å².